The van der Waals surface area contributed by atoms with Gasteiger partial charge in [-0.3, -0.25) is 0 Å². The van der Waals surface area contributed by atoms with E-state index < -0.39 is 21.6 Å². The summed E-state index contributed by atoms with van der Waals surface area (Å²) < 4.78 is 67.7. The van der Waals surface area contributed by atoms with Crippen LogP contribution in [0.2, 0.25) is 0 Å². The van der Waals surface area contributed by atoms with E-state index in [2.05, 4.69) is 20.6 Å². The molecule has 0 radical (unpaired) electrons. The topological polar surface area (TPSA) is 93.2 Å². The number of rotatable bonds is 7. The Hall–Kier alpha value is -3.34. The number of benzene rings is 2. The summed E-state index contributed by atoms with van der Waals surface area (Å²) in [7, 11) is -1.97. The first-order valence-corrected chi connectivity index (χ1v) is 10.7. The molecule has 0 aliphatic carbocycles. The minimum Gasteiger partial charge on any atom is -0.495 e. The number of nitrogens with one attached hydrogen (secondary N) is 2. The van der Waals surface area contributed by atoms with Crippen molar-refractivity contribution in [1.82, 2.24) is 9.97 Å². The molecule has 7 nitrogen and oxygen atoms in total. The number of methoxy groups -OCH3 is 1. The van der Waals surface area contributed by atoms with Crippen LogP contribution in [0.25, 0.3) is 0 Å². The average molecular weight is 452 g/mol. The van der Waals surface area contributed by atoms with Crippen LogP contribution in [0.1, 0.15) is 12.5 Å². The van der Waals surface area contributed by atoms with Gasteiger partial charge in [-0.2, -0.15) is 13.2 Å². The number of hydrogen-bond donors (Lipinski definition) is 2. The zero-order valence-electron chi connectivity index (χ0n) is 16.6. The van der Waals surface area contributed by atoms with Crippen LogP contribution in [0.5, 0.6) is 5.75 Å². The molecule has 0 unspecified atom stereocenters. The zero-order valence-corrected chi connectivity index (χ0v) is 17.4. The quantitative estimate of drug-likeness (QED) is 0.533. The minimum absolute atomic E-state index is 0.0481. The molecule has 0 saturated carbocycles. The maximum absolute atomic E-state index is 12.7. The molecule has 0 aliphatic rings. The number of aromatic nitrogens is 2. The van der Waals surface area contributed by atoms with Crippen molar-refractivity contribution in [3.05, 3.63) is 60.4 Å². The molecular formula is C20H19F3N4O3S. The van der Waals surface area contributed by atoms with E-state index in [-0.39, 0.29) is 10.6 Å². The summed E-state index contributed by atoms with van der Waals surface area (Å²) in [5.41, 5.74) is 0.0413. The molecule has 11 heteroatoms. The van der Waals surface area contributed by atoms with Gasteiger partial charge in [0.1, 0.15) is 23.7 Å². The van der Waals surface area contributed by atoms with Crippen LogP contribution in [0.4, 0.5) is 36.2 Å². The number of sulfone groups is 1. The second kappa shape index (κ2) is 8.80. The summed E-state index contributed by atoms with van der Waals surface area (Å²) in [6.07, 6.45) is -3.16. The van der Waals surface area contributed by atoms with E-state index in [1.54, 1.807) is 6.92 Å². The van der Waals surface area contributed by atoms with E-state index in [1.807, 2.05) is 0 Å². The Bertz CT molecular complexity index is 1170. The molecule has 0 fully saturated rings. The third-order valence-corrected chi connectivity index (χ3v) is 6.06. The van der Waals surface area contributed by atoms with E-state index >= 15 is 0 Å². The molecule has 0 aliphatic heterocycles. The van der Waals surface area contributed by atoms with Crippen molar-refractivity contribution in [3.63, 3.8) is 0 Å². The first-order valence-electron chi connectivity index (χ1n) is 9.06. The molecule has 2 aromatic carbocycles. The van der Waals surface area contributed by atoms with E-state index in [1.165, 1.54) is 49.8 Å². The third-order valence-electron chi connectivity index (χ3n) is 4.32. The Kier molecular flexibility index (Phi) is 6.34. The van der Waals surface area contributed by atoms with Gasteiger partial charge in [0.15, 0.2) is 9.84 Å². The van der Waals surface area contributed by atoms with Crippen LogP contribution < -0.4 is 15.4 Å². The zero-order chi connectivity index (χ0) is 22.6. The normalized spacial score (nSPS) is 11.8. The van der Waals surface area contributed by atoms with Crippen LogP contribution in [-0.4, -0.2) is 31.2 Å². The smallest absolute Gasteiger partial charge is 0.416 e. The molecule has 164 valence electrons. The highest BCUT2D eigenvalue weighted by atomic mass is 32.2. The molecule has 1 aromatic heterocycles. The second-order valence-corrected chi connectivity index (χ2v) is 8.66. The monoisotopic (exact) mass is 452 g/mol. The molecule has 31 heavy (non-hydrogen) atoms. The van der Waals surface area contributed by atoms with E-state index in [0.717, 1.165) is 12.1 Å². The molecule has 0 spiro atoms. The minimum atomic E-state index is -4.41. The van der Waals surface area contributed by atoms with Crippen LogP contribution in [0.15, 0.2) is 59.8 Å². The summed E-state index contributed by atoms with van der Waals surface area (Å²) in [5.74, 6) is 1.02. The van der Waals surface area contributed by atoms with Crippen molar-refractivity contribution >= 4 is 32.8 Å². The van der Waals surface area contributed by atoms with Gasteiger partial charge in [-0.25, -0.2) is 18.4 Å². The maximum Gasteiger partial charge on any atom is 0.416 e. The van der Waals surface area contributed by atoms with Gasteiger partial charge in [-0.05, 0) is 42.5 Å². The van der Waals surface area contributed by atoms with Crippen molar-refractivity contribution in [2.24, 2.45) is 0 Å². The lowest BCUT2D eigenvalue weighted by Crippen LogP contribution is -2.06. The molecule has 0 saturated heterocycles. The van der Waals surface area contributed by atoms with Gasteiger partial charge in [-0.1, -0.05) is 6.92 Å². The van der Waals surface area contributed by atoms with Gasteiger partial charge in [0.2, 0.25) is 0 Å². The number of alkyl halides is 3. The summed E-state index contributed by atoms with van der Waals surface area (Å²) in [4.78, 5) is 8.28. The molecule has 3 aromatic rings. The van der Waals surface area contributed by atoms with Gasteiger partial charge in [0.05, 0.1) is 29.0 Å². The molecule has 0 amide bonds. The summed E-state index contributed by atoms with van der Waals surface area (Å²) >= 11 is 0. The SMILES string of the molecule is CCS(=O)(=O)c1ccc(OC)c(Nc2cc(Nc3ccc(C(F)(F)F)cc3)ncn2)c1. The molecular weight excluding hydrogens is 433 g/mol. The van der Waals surface area contributed by atoms with Gasteiger partial charge >= 0.3 is 6.18 Å². The predicted octanol–water partition coefficient (Wildman–Crippen LogP) is 4.78. The maximum atomic E-state index is 12.7. The lowest BCUT2D eigenvalue weighted by molar-refractivity contribution is -0.137. The summed E-state index contributed by atoms with van der Waals surface area (Å²) in [5, 5.41) is 5.88. The van der Waals surface area contributed by atoms with Crippen molar-refractivity contribution < 1.29 is 26.3 Å². The number of halogens is 3. The number of nitrogens with zero attached hydrogens (tertiary/aromatic N) is 2. The molecule has 2 N–H and O–H groups in total. The molecule has 0 atom stereocenters. The van der Waals surface area contributed by atoms with E-state index in [4.69, 9.17) is 4.74 Å². The van der Waals surface area contributed by atoms with Gasteiger partial charge in [-0.15, -0.1) is 0 Å². The fraction of sp³-hybridized carbons (Fsp3) is 0.200. The lowest BCUT2D eigenvalue weighted by Gasteiger charge is -2.13. The van der Waals surface area contributed by atoms with Crippen LogP contribution in [0, 0.1) is 0 Å². The van der Waals surface area contributed by atoms with Crippen molar-refractivity contribution in [1.29, 1.82) is 0 Å². The summed E-state index contributed by atoms with van der Waals surface area (Å²) in [6, 6.07) is 10.5. The fourth-order valence-corrected chi connectivity index (χ4v) is 3.57. The average Bonchev–Trinajstić information content (AvgIpc) is 2.73. The standard InChI is InChI=1S/C20H19F3N4O3S/c1-3-31(28,29)15-8-9-17(30-2)16(10-15)27-19-11-18(24-12-25-19)26-14-6-4-13(5-7-14)20(21,22)23/h4-12H,3H2,1-2H3,(H2,24,25,26,27). The van der Waals surface area contributed by atoms with Crippen LogP contribution >= 0.6 is 0 Å². The predicted molar refractivity (Wildman–Crippen MR) is 111 cm³/mol. The first-order chi connectivity index (χ1) is 14.6. The number of ether oxygens (including phenoxy) is 1. The van der Waals surface area contributed by atoms with Crippen molar-refractivity contribution in [2.45, 2.75) is 18.0 Å². The number of hydrogen-bond acceptors (Lipinski definition) is 7. The lowest BCUT2D eigenvalue weighted by atomic mass is 10.2. The Morgan fingerprint density at radius 2 is 1.61 bits per heavy atom. The van der Waals surface area contributed by atoms with E-state index in [0.29, 0.717) is 28.8 Å². The van der Waals surface area contributed by atoms with Crippen molar-refractivity contribution in [2.75, 3.05) is 23.5 Å². The second-order valence-electron chi connectivity index (χ2n) is 6.38. The molecule has 1 heterocycles. The Morgan fingerprint density at radius 1 is 0.968 bits per heavy atom. The fourth-order valence-electron chi connectivity index (χ4n) is 2.67. The Balaban J connectivity index is 1.83. The van der Waals surface area contributed by atoms with Crippen molar-refractivity contribution in [3.8, 4) is 5.75 Å². The largest absolute Gasteiger partial charge is 0.495 e. The first kappa shape index (κ1) is 22.3. The molecule has 0 bridgehead atoms. The third kappa shape index (κ3) is 5.43. The van der Waals surface area contributed by atoms with Gasteiger partial charge in [0, 0.05) is 11.8 Å². The van der Waals surface area contributed by atoms with E-state index in [9.17, 15) is 21.6 Å². The highest BCUT2D eigenvalue weighted by molar-refractivity contribution is 7.91. The Morgan fingerprint density at radius 3 is 2.19 bits per heavy atom. The van der Waals surface area contributed by atoms with Gasteiger partial charge in [0.25, 0.3) is 0 Å². The van der Waals surface area contributed by atoms with Crippen LogP contribution in [-0.2, 0) is 16.0 Å². The number of anilines is 4. The Labute approximate surface area is 177 Å². The highest BCUT2D eigenvalue weighted by Gasteiger charge is 2.29. The van der Waals surface area contributed by atoms with Gasteiger partial charge < -0.3 is 15.4 Å². The van der Waals surface area contributed by atoms with Crippen LogP contribution in [0.3, 0.4) is 0 Å². The summed E-state index contributed by atoms with van der Waals surface area (Å²) in [6.45, 7) is 1.55. The highest BCUT2D eigenvalue weighted by Crippen LogP contribution is 2.32. The molecule has 3 rings (SSSR count).